The van der Waals surface area contributed by atoms with Crippen LogP contribution in [-0.2, 0) is 30.3 Å². The molecule has 0 spiro atoms. The fraction of sp³-hybridized carbons (Fsp3) is 0.667. The van der Waals surface area contributed by atoms with E-state index in [9.17, 15) is 13.2 Å². The summed E-state index contributed by atoms with van der Waals surface area (Å²) in [4.78, 5) is 7.89. The number of alkyl halides is 3. The first-order chi connectivity index (χ1) is 9.02. The minimum Gasteiger partial charge on any atom is -0.381 e. The maximum absolute atomic E-state index is 13.0. The van der Waals surface area contributed by atoms with Gasteiger partial charge in [-0.05, 0) is 19.9 Å². The number of nitrogens with one attached hydrogen (secondary N) is 1. The average Bonchev–Trinajstić information content (AvgIpc) is 2.37. The van der Waals surface area contributed by atoms with E-state index in [0.29, 0.717) is 44.8 Å². The van der Waals surface area contributed by atoms with E-state index in [4.69, 9.17) is 4.74 Å². The number of halogens is 3. The van der Waals surface area contributed by atoms with Gasteiger partial charge in [-0.25, -0.2) is 9.97 Å². The summed E-state index contributed by atoms with van der Waals surface area (Å²) in [7, 11) is 0. The maximum atomic E-state index is 13.0. The molecule has 1 aliphatic rings. The van der Waals surface area contributed by atoms with E-state index in [1.54, 1.807) is 0 Å². The van der Waals surface area contributed by atoms with Crippen molar-refractivity contribution in [1.82, 2.24) is 15.3 Å². The molecular weight excluding hydrogens is 259 g/mol. The van der Waals surface area contributed by atoms with Crippen LogP contribution in [0.4, 0.5) is 13.2 Å². The zero-order valence-corrected chi connectivity index (χ0v) is 10.7. The van der Waals surface area contributed by atoms with Gasteiger partial charge in [-0.15, -0.1) is 0 Å². The second-order valence-electron chi connectivity index (χ2n) is 4.29. The lowest BCUT2D eigenvalue weighted by Gasteiger charge is -2.21. The van der Waals surface area contributed by atoms with Gasteiger partial charge in [0, 0.05) is 25.1 Å². The zero-order chi connectivity index (χ0) is 13.9. The lowest BCUT2D eigenvalue weighted by Crippen LogP contribution is -2.29. The standard InChI is InChI=1S/C12H16F3N3O/c1-2-19-6-4-10-17-9-7-16-5-3-8(9)11(18-10)12(13,14)15/h16H,2-7H2,1H3. The summed E-state index contributed by atoms with van der Waals surface area (Å²) >= 11 is 0. The Hall–Kier alpha value is -1.21. The number of ether oxygens (including phenoxy) is 1. The van der Waals surface area contributed by atoms with Crippen LogP contribution < -0.4 is 5.32 Å². The van der Waals surface area contributed by atoms with Gasteiger partial charge < -0.3 is 10.1 Å². The largest absolute Gasteiger partial charge is 0.433 e. The summed E-state index contributed by atoms with van der Waals surface area (Å²) in [6.45, 7) is 3.58. The molecule has 2 rings (SSSR count). The Morgan fingerprint density at radius 2 is 2.11 bits per heavy atom. The minimum atomic E-state index is -4.43. The Bertz CT molecular complexity index is 449. The van der Waals surface area contributed by atoms with Crippen molar-refractivity contribution >= 4 is 0 Å². The molecule has 0 saturated heterocycles. The third kappa shape index (κ3) is 3.42. The molecule has 0 unspecified atom stereocenters. The van der Waals surface area contributed by atoms with E-state index in [2.05, 4.69) is 15.3 Å². The van der Waals surface area contributed by atoms with Crippen LogP contribution in [0.15, 0.2) is 0 Å². The molecule has 0 atom stereocenters. The van der Waals surface area contributed by atoms with Gasteiger partial charge in [0.1, 0.15) is 5.82 Å². The Kier molecular flexibility index (Phi) is 4.36. The van der Waals surface area contributed by atoms with Gasteiger partial charge >= 0.3 is 6.18 Å². The molecule has 2 heterocycles. The fourth-order valence-corrected chi connectivity index (χ4v) is 2.06. The van der Waals surface area contributed by atoms with Crippen LogP contribution in [-0.4, -0.2) is 29.7 Å². The molecule has 1 aliphatic heterocycles. The van der Waals surface area contributed by atoms with Crippen LogP contribution in [0.3, 0.4) is 0 Å². The third-order valence-corrected chi connectivity index (χ3v) is 2.93. The summed E-state index contributed by atoms with van der Waals surface area (Å²) in [6, 6.07) is 0. The molecule has 0 amide bonds. The van der Waals surface area contributed by atoms with Gasteiger partial charge in [0.2, 0.25) is 0 Å². The Morgan fingerprint density at radius 1 is 1.32 bits per heavy atom. The van der Waals surface area contributed by atoms with E-state index in [1.165, 1.54) is 0 Å². The molecule has 0 fully saturated rings. The van der Waals surface area contributed by atoms with Crippen molar-refractivity contribution in [2.75, 3.05) is 19.8 Å². The van der Waals surface area contributed by atoms with Crippen molar-refractivity contribution < 1.29 is 17.9 Å². The van der Waals surface area contributed by atoms with Gasteiger partial charge in [-0.2, -0.15) is 13.2 Å². The summed E-state index contributed by atoms with van der Waals surface area (Å²) in [5, 5.41) is 3.03. The van der Waals surface area contributed by atoms with Gasteiger partial charge in [0.15, 0.2) is 5.69 Å². The van der Waals surface area contributed by atoms with Crippen molar-refractivity contribution in [2.45, 2.75) is 32.5 Å². The molecular formula is C12H16F3N3O. The molecule has 19 heavy (non-hydrogen) atoms. The smallest absolute Gasteiger partial charge is 0.381 e. The van der Waals surface area contributed by atoms with Crippen molar-refractivity contribution in [2.24, 2.45) is 0 Å². The van der Waals surface area contributed by atoms with E-state index in [-0.39, 0.29) is 11.4 Å². The Balaban J connectivity index is 2.31. The molecule has 106 valence electrons. The lowest BCUT2D eigenvalue weighted by atomic mass is 10.0. The number of hydrogen-bond donors (Lipinski definition) is 1. The second kappa shape index (κ2) is 5.83. The number of aromatic nitrogens is 2. The molecule has 0 aliphatic carbocycles. The predicted molar refractivity (Wildman–Crippen MR) is 62.6 cm³/mol. The van der Waals surface area contributed by atoms with Crippen molar-refractivity contribution in [3.05, 3.63) is 22.8 Å². The number of fused-ring (bicyclic) bond motifs is 1. The highest BCUT2D eigenvalue weighted by Gasteiger charge is 2.37. The first-order valence-corrected chi connectivity index (χ1v) is 6.26. The van der Waals surface area contributed by atoms with Crippen LogP contribution in [0.5, 0.6) is 0 Å². The second-order valence-corrected chi connectivity index (χ2v) is 4.29. The molecule has 0 bridgehead atoms. The van der Waals surface area contributed by atoms with E-state index in [0.717, 1.165) is 0 Å². The maximum Gasteiger partial charge on any atom is 0.433 e. The Labute approximate surface area is 109 Å². The quantitative estimate of drug-likeness (QED) is 0.850. The van der Waals surface area contributed by atoms with E-state index < -0.39 is 11.9 Å². The highest BCUT2D eigenvalue weighted by atomic mass is 19.4. The van der Waals surface area contributed by atoms with Crippen LogP contribution in [0, 0.1) is 0 Å². The normalized spacial score (nSPS) is 15.4. The van der Waals surface area contributed by atoms with Crippen molar-refractivity contribution in [3.8, 4) is 0 Å². The predicted octanol–water partition coefficient (Wildman–Crippen LogP) is 1.72. The third-order valence-electron chi connectivity index (χ3n) is 2.93. The van der Waals surface area contributed by atoms with Crippen molar-refractivity contribution in [1.29, 1.82) is 0 Å². The van der Waals surface area contributed by atoms with E-state index >= 15 is 0 Å². The van der Waals surface area contributed by atoms with Crippen LogP contribution >= 0.6 is 0 Å². The molecule has 1 N–H and O–H groups in total. The van der Waals surface area contributed by atoms with E-state index in [1.807, 2.05) is 6.92 Å². The molecule has 4 nitrogen and oxygen atoms in total. The number of rotatable bonds is 4. The van der Waals surface area contributed by atoms with Crippen LogP contribution in [0.25, 0.3) is 0 Å². The SMILES string of the molecule is CCOCCc1nc2c(c(C(F)(F)F)n1)CCNC2. The summed E-state index contributed by atoms with van der Waals surface area (Å²) in [5.74, 6) is 0.197. The molecule has 7 heteroatoms. The summed E-state index contributed by atoms with van der Waals surface area (Å²) in [5.41, 5.74) is -0.100. The first-order valence-electron chi connectivity index (χ1n) is 6.26. The molecule has 0 saturated carbocycles. The minimum absolute atomic E-state index is 0.197. The van der Waals surface area contributed by atoms with Gasteiger partial charge in [0.05, 0.1) is 12.3 Å². The fourth-order valence-electron chi connectivity index (χ4n) is 2.06. The summed E-state index contributed by atoms with van der Waals surface area (Å²) < 4.78 is 44.1. The molecule has 1 aromatic heterocycles. The number of hydrogen-bond acceptors (Lipinski definition) is 4. The highest BCUT2D eigenvalue weighted by molar-refractivity contribution is 5.30. The number of nitrogens with zero attached hydrogens (tertiary/aromatic N) is 2. The summed E-state index contributed by atoms with van der Waals surface area (Å²) in [6.07, 6.45) is -3.81. The van der Waals surface area contributed by atoms with Gasteiger partial charge in [0.25, 0.3) is 0 Å². The monoisotopic (exact) mass is 275 g/mol. The topological polar surface area (TPSA) is 47.0 Å². The molecule has 0 aromatic carbocycles. The van der Waals surface area contributed by atoms with Crippen LogP contribution in [0.1, 0.15) is 29.7 Å². The van der Waals surface area contributed by atoms with Crippen molar-refractivity contribution in [3.63, 3.8) is 0 Å². The molecule has 0 radical (unpaired) electrons. The first kappa shape index (κ1) is 14.2. The van der Waals surface area contributed by atoms with Gasteiger partial charge in [-0.1, -0.05) is 0 Å². The lowest BCUT2D eigenvalue weighted by molar-refractivity contribution is -0.142. The van der Waals surface area contributed by atoms with Crippen LogP contribution in [0.2, 0.25) is 0 Å². The highest BCUT2D eigenvalue weighted by Crippen LogP contribution is 2.32. The average molecular weight is 275 g/mol. The Morgan fingerprint density at radius 3 is 2.79 bits per heavy atom. The molecule has 1 aromatic rings. The van der Waals surface area contributed by atoms with Gasteiger partial charge in [-0.3, -0.25) is 0 Å². The zero-order valence-electron chi connectivity index (χ0n) is 10.7.